The Balaban J connectivity index is 2.31. The van der Waals surface area contributed by atoms with E-state index in [2.05, 4.69) is 24.9 Å². The number of H-pyrrole nitrogens is 2. The van der Waals surface area contributed by atoms with Gasteiger partial charge in [0.2, 0.25) is 0 Å². The topological polar surface area (TPSA) is 174 Å². The largest absolute Gasteiger partial charge is 0.370 e. The molecule has 0 saturated heterocycles. The Bertz CT molecular complexity index is 508. The molecule has 0 aliphatic heterocycles. The second-order valence-electron chi connectivity index (χ2n) is 3.77. The Morgan fingerprint density at radius 3 is 1.94 bits per heavy atom. The van der Waals surface area contributed by atoms with E-state index in [1.54, 1.807) is 12.4 Å². The van der Waals surface area contributed by atoms with Gasteiger partial charge in [-0.15, -0.1) is 0 Å². The van der Waals surface area contributed by atoms with Crippen LogP contribution in [0.2, 0.25) is 0 Å². The zero-order valence-electron chi connectivity index (χ0n) is 9.59. The number of guanidine groups is 1. The average Bonchev–Trinajstić information content (AvgIpc) is 2.89. The van der Waals surface area contributed by atoms with Crippen LogP contribution in [0.15, 0.2) is 17.4 Å². The average molecular weight is 249 g/mol. The first kappa shape index (κ1) is 11.8. The molecule has 96 valence electrons. The predicted molar refractivity (Wildman–Crippen MR) is 68.5 cm³/mol. The van der Waals surface area contributed by atoms with Gasteiger partial charge in [-0.1, -0.05) is 0 Å². The minimum Gasteiger partial charge on any atom is -0.370 e. The molecule has 0 radical (unpaired) electrons. The molecule has 18 heavy (non-hydrogen) atoms. The molecule has 0 aliphatic carbocycles. The lowest BCUT2D eigenvalue weighted by molar-refractivity contribution is 0.772. The van der Waals surface area contributed by atoms with Gasteiger partial charge in [-0.3, -0.25) is 4.99 Å². The fourth-order valence-electron chi connectivity index (χ4n) is 1.62. The zero-order valence-corrected chi connectivity index (χ0v) is 9.59. The highest BCUT2D eigenvalue weighted by Crippen LogP contribution is 2.23. The number of rotatable bonds is 4. The molecule has 2 heterocycles. The minimum atomic E-state index is -0.165. The van der Waals surface area contributed by atoms with Crippen LogP contribution in [0.5, 0.6) is 0 Å². The molecule has 0 atom stereocenters. The highest BCUT2D eigenvalue weighted by atomic mass is 15.1. The molecule has 0 amide bonds. The Morgan fingerprint density at radius 1 is 1.11 bits per heavy atom. The van der Waals surface area contributed by atoms with Crippen molar-refractivity contribution in [3.05, 3.63) is 23.8 Å². The third kappa shape index (κ3) is 2.51. The molecule has 0 aliphatic rings. The molecule has 9 nitrogen and oxygen atoms in total. The van der Waals surface area contributed by atoms with Crippen molar-refractivity contribution in [2.24, 2.45) is 16.5 Å². The molecule has 9 heteroatoms. The number of anilines is 2. The summed E-state index contributed by atoms with van der Waals surface area (Å²) in [7, 11) is 0. The van der Waals surface area contributed by atoms with Crippen molar-refractivity contribution in [1.29, 1.82) is 0 Å². The van der Waals surface area contributed by atoms with Crippen LogP contribution >= 0.6 is 0 Å². The number of aromatic nitrogens is 4. The molecule has 0 bridgehead atoms. The normalized spacial score (nSPS) is 10.7. The number of nitrogens with two attached hydrogens (primary N) is 4. The van der Waals surface area contributed by atoms with Crippen LogP contribution in [-0.2, 0) is 0 Å². The van der Waals surface area contributed by atoms with Gasteiger partial charge in [0.1, 0.15) is 0 Å². The number of nitrogens with zero attached hydrogens (tertiary/aromatic N) is 3. The van der Waals surface area contributed by atoms with Crippen LogP contribution in [0.1, 0.15) is 17.3 Å². The van der Waals surface area contributed by atoms with E-state index in [-0.39, 0.29) is 11.9 Å². The first-order chi connectivity index (χ1) is 8.56. The SMILES string of the molecule is NC(N)=NCC(c1cnc(N)[nH]1)c1cnc(N)[nH]1. The summed E-state index contributed by atoms with van der Waals surface area (Å²) in [4.78, 5) is 17.7. The second kappa shape index (κ2) is 4.65. The summed E-state index contributed by atoms with van der Waals surface area (Å²) < 4.78 is 0. The monoisotopic (exact) mass is 249 g/mol. The highest BCUT2D eigenvalue weighted by molar-refractivity contribution is 5.75. The van der Waals surface area contributed by atoms with Crippen LogP contribution in [-0.4, -0.2) is 32.4 Å². The van der Waals surface area contributed by atoms with Crippen LogP contribution < -0.4 is 22.9 Å². The maximum Gasteiger partial charge on any atom is 0.197 e. The third-order valence-corrected chi connectivity index (χ3v) is 2.44. The van der Waals surface area contributed by atoms with E-state index in [0.717, 1.165) is 11.4 Å². The number of aromatic amines is 2. The van der Waals surface area contributed by atoms with E-state index in [1.165, 1.54) is 0 Å². The summed E-state index contributed by atoms with van der Waals surface area (Å²) in [6.07, 6.45) is 3.25. The molecular weight excluding hydrogens is 234 g/mol. The van der Waals surface area contributed by atoms with Crippen molar-refractivity contribution in [3.63, 3.8) is 0 Å². The highest BCUT2D eigenvalue weighted by Gasteiger charge is 2.18. The van der Waals surface area contributed by atoms with Crippen LogP contribution in [0, 0.1) is 0 Å². The van der Waals surface area contributed by atoms with Gasteiger partial charge in [0, 0.05) is 11.4 Å². The van der Waals surface area contributed by atoms with E-state index < -0.39 is 0 Å². The number of nitrogens with one attached hydrogen (secondary N) is 2. The van der Waals surface area contributed by atoms with E-state index in [1.807, 2.05) is 0 Å². The molecule has 2 rings (SSSR count). The third-order valence-electron chi connectivity index (χ3n) is 2.44. The van der Waals surface area contributed by atoms with Crippen molar-refractivity contribution in [1.82, 2.24) is 19.9 Å². The summed E-state index contributed by atoms with van der Waals surface area (Å²) in [6, 6.07) is 0. The van der Waals surface area contributed by atoms with Crippen molar-refractivity contribution in [2.45, 2.75) is 5.92 Å². The van der Waals surface area contributed by atoms with Gasteiger partial charge in [0.25, 0.3) is 0 Å². The van der Waals surface area contributed by atoms with E-state index in [0.29, 0.717) is 18.4 Å². The van der Waals surface area contributed by atoms with Crippen molar-refractivity contribution in [3.8, 4) is 0 Å². The van der Waals surface area contributed by atoms with Gasteiger partial charge >= 0.3 is 0 Å². The number of hydrogen-bond acceptors (Lipinski definition) is 5. The van der Waals surface area contributed by atoms with E-state index in [4.69, 9.17) is 22.9 Å². The summed E-state index contributed by atoms with van der Waals surface area (Å²) in [5.41, 5.74) is 23.3. The van der Waals surface area contributed by atoms with Crippen LogP contribution in [0.4, 0.5) is 11.9 Å². The molecule has 10 N–H and O–H groups in total. The van der Waals surface area contributed by atoms with Crippen molar-refractivity contribution < 1.29 is 0 Å². The van der Waals surface area contributed by atoms with Gasteiger partial charge in [-0.05, 0) is 0 Å². The van der Waals surface area contributed by atoms with Crippen LogP contribution in [0.3, 0.4) is 0 Å². The smallest absolute Gasteiger partial charge is 0.197 e. The number of hydrogen-bond donors (Lipinski definition) is 6. The van der Waals surface area contributed by atoms with Gasteiger partial charge in [-0.2, -0.15) is 0 Å². The fraction of sp³-hybridized carbons (Fsp3) is 0.222. The molecule has 0 saturated carbocycles. The van der Waals surface area contributed by atoms with E-state index >= 15 is 0 Å². The molecule has 0 spiro atoms. The number of aliphatic imine (C=N–C) groups is 1. The van der Waals surface area contributed by atoms with Gasteiger partial charge < -0.3 is 32.9 Å². The Kier molecular flexibility index (Phi) is 3.04. The summed E-state index contributed by atoms with van der Waals surface area (Å²) in [6.45, 7) is 0.339. The number of nitrogen functional groups attached to an aromatic ring is 2. The Labute approximate surface area is 103 Å². The zero-order chi connectivity index (χ0) is 13.1. The van der Waals surface area contributed by atoms with Crippen molar-refractivity contribution in [2.75, 3.05) is 18.0 Å². The molecule has 0 fully saturated rings. The maximum atomic E-state index is 5.55. The quantitative estimate of drug-likeness (QED) is 0.290. The summed E-state index contributed by atoms with van der Waals surface area (Å²) in [5, 5.41) is 0. The molecular formula is C9H15N9. The summed E-state index contributed by atoms with van der Waals surface area (Å²) >= 11 is 0. The standard InChI is InChI=1S/C9H15N9/c10-7(11)14-1-4(5-2-15-8(12)17-5)6-3-16-9(13)18-6/h2-4H,1H2,(H4,10,11,14)(H3,12,15,17)(H3,13,16,18). The van der Waals surface area contributed by atoms with Gasteiger partial charge in [0.05, 0.1) is 24.9 Å². The molecule has 2 aromatic rings. The first-order valence-electron chi connectivity index (χ1n) is 5.22. The number of imidazole rings is 2. The Hall–Kier alpha value is -2.71. The molecule has 2 aromatic heterocycles. The van der Waals surface area contributed by atoms with Gasteiger partial charge in [-0.25, -0.2) is 9.97 Å². The van der Waals surface area contributed by atoms with Crippen LogP contribution in [0.25, 0.3) is 0 Å². The minimum absolute atomic E-state index is 0.0139. The van der Waals surface area contributed by atoms with E-state index in [9.17, 15) is 0 Å². The Morgan fingerprint density at radius 2 is 1.61 bits per heavy atom. The maximum absolute atomic E-state index is 5.55. The first-order valence-corrected chi connectivity index (χ1v) is 5.22. The lowest BCUT2D eigenvalue weighted by Crippen LogP contribution is -2.24. The second-order valence-corrected chi connectivity index (χ2v) is 3.77. The lowest BCUT2D eigenvalue weighted by Gasteiger charge is -2.10. The fourth-order valence-corrected chi connectivity index (χ4v) is 1.62. The summed E-state index contributed by atoms with van der Waals surface area (Å²) in [5.74, 6) is 0.501. The lowest BCUT2D eigenvalue weighted by atomic mass is 10.0. The molecule has 0 aromatic carbocycles. The van der Waals surface area contributed by atoms with Gasteiger partial charge in [0.15, 0.2) is 17.9 Å². The predicted octanol–water partition coefficient (Wildman–Crippen LogP) is -1.30. The van der Waals surface area contributed by atoms with Crippen molar-refractivity contribution >= 4 is 17.9 Å². The molecule has 0 unspecified atom stereocenters.